The maximum Gasteiger partial charge on any atom is 0.436 e. The molecular weight excluding hydrogens is 516 g/mol. The summed E-state index contributed by atoms with van der Waals surface area (Å²) in [6, 6.07) is 15.7. The molecule has 0 fully saturated rings. The van der Waals surface area contributed by atoms with Crippen molar-refractivity contribution in [3.8, 4) is 5.75 Å². The highest BCUT2D eigenvalue weighted by Crippen LogP contribution is 2.28. The number of nitrogens with zero attached hydrogens (tertiary/aromatic N) is 2. The van der Waals surface area contributed by atoms with Crippen LogP contribution in [0.4, 0.5) is 4.79 Å². The maximum absolute atomic E-state index is 14.1. The van der Waals surface area contributed by atoms with E-state index in [1.165, 1.54) is 7.11 Å². The second-order valence-electron chi connectivity index (χ2n) is 10.6. The second kappa shape index (κ2) is 11.9. The van der Waals surface area contributed by atoms with Crippen LogP contribution in [0.3, 0.4) is 0 Å². The molecule has 0 saturated carbocycles. The molecule has 0 aliphatic carbocycles. The van der Waals surface area contributed by atoms with Crippen molar-refractivity contribution >= 4 is 29.5 Å². The number of hydrogen-bond donors (Lipinski definition) is 0. The molecule has 0 radical (unpaired) electrons. The minimum absolute atomic E-state index is 0.186. The summed E-state index contributed by atoms with van der Waals surface area (Å²) in [6.45, 7) is 12.4. The molecule has 3 aromatic rings. The molecule has 0 saturated heterocycles. The molecule has 0 atom stereocenters. The smallest absolute Gasteiger partial charge is 0.436 e. The number of hydrogen-bond acceptors (Lipinski definition) is 5. The Morgan fingerprint density at radius 2 is 1.49 bits per heavy atom. The van der Waals surface area contributed by atoms with Crippen molar-refractivity contribution in [3.63, 3.8) is 0 Å². The first-order valence-corrected chi connectivity index (χ1v) is 12.9. The molecule has 7 nitrogen and oxygen atoms in total. The standard InChI is InChI=1S/C31H35ClN2O5/c1-19-12-13-23(26(32)17-19)18-39-30(37)33(29(36)25-10-9-11-27(38-8)22(25)4)34(31(5,6)7)28(35)24-15-20(2)14-21(3)16-24/h9-17H,18H2,1-8H3. The number of rotatable bonds is 5. The number of imide groups is 1. The van der Waals surface area contributed by atoms with E-state index >= 15 is 0 Å². The quantitative estimate of drug-likeness (QED) is 0.313. The van der Waals surface area contributed by atoms with E-state index in [4.69, 9.17) is 21.1 Å². The molecule has 3 rings (SSSR count). The number of methoxy groups -OCH3 is 1. The highest BCUT2D eigenvalue weighted by atomic mass is 35.5. The van der Waals surface area contributed by atoms with Crippen molar-refractivity contribution in [2.24, 2.45) is 0 Å². The minimum Gasteiger partial charge on any atom is -0.496 e. The predicted octanol–water partition coefficient (Wildman–Crippen LogP) is 7.22. The molecule has 8 heteroatoms. The molecule has 0 aliphatic rings. The fourth-order valence-corrected chi connectivity index (χ4v) is 4.61. The van der Waals surface area contributed by atoms with Crippen LogP contribution in [0.2, 0.25) is 5.02 Å². The molecule has 3 amide bonds. The lowest BCUT2D eigenvalue weighted by atomic mass is 10.0. The molecule has 3 aromatic carbocycles. The predicted molar refractivity (Wildman–Crippen MR) is 152 cm³/mol. The topological polar surface area (TPSA) is 76.2 Å². The van der Waals surface area contributed by atoms with Gasteiger partial charge in [0.05, 0.1) is 12.6 Å². The van der Waals surface area contributed by atoms with E-state index < -0.39 is 23.4 Å². The molecule has 0 aliphatic heterocycles. The first-order chi connectivity index (χ1) is 18.2. The van der Waals surface area contributed by atoms with Gasteiger partial charge in [0, 0.05) is 27.3 Å². The van der Waals surface area contributed by atoms with Gasteiger partial charge in [0.25, 0.3) is 11.8 Å². The van der Waals surface area contributed by atoms with Crippen molar-refractivity contribution in [2.45, 2.75) is 60.6 Å². The molecular formula is C31H35ClN2O5. The Kier molecular flexibility index (Phi) is 9.07. The summed E-state index contributed by atoms with van der Waals surface area (Å²) < 4.78 is 11.0. The van der Waals surface area contributed by atoms with E-state index in [2.05, 4.69) is 0 Å². The van der Waals surface area contributed by atoms with E-state index in [0.717, 1.165) is 26.7 Å². The normalized spacial score (nSPS) is 11.1. The number of halogens is 1. The van der Waals surface area contributed by atoms with Crippen LogP contribution < -0.4 is 4.74 Å². The van der Waals surface area contributed by atoms with Gasteiger partial charge in [0.15, 0.2) is 0 Å². The fraction of sp³-hybridized carbons (Fsp3) is 0.323. The summed E-state index contributed by atoms with van der Waals surface area (Å²) >= 11 is 6.35. The number of ether oxygens (including phenoxy) is 2. The summed E-state index contributed by atoms with van der Waals surface area (Å²) in [4.78, 5) is 41.9. The molecule has 0 spiro atoms. The van der Waals surface area contributed by atoms with Crippen LogP contribution in [0.5, 0.6) is 5.75 Å². The van der Waals surface area contributed by atoms with E-state index in [-0.39, 0.29) is 12.2 Å². The highest BCUT2D eigenvalue weighted by molar-refractivity contribution is 6.31. The molecule has 0 N–H and O–H groups in total. The number of carbonyl (C=O) groups is 3. The van der Waals surface area contributed by atoms with Crippen LogP contribution in [0, 0.1) is 27.7 Å². The summed E-state index contributed by atoms with van der Waals surface area (Å²) in [6.07, 6.45) is -1.01. The zero-order valence-corrected chi connectivity index (χ0v) is 24.5. The molecule has 0 unspecified atom stereocenters. The van der Waals surface area contributed by atoms with Gasteiger partial charge in [-0.1, -0.05) is 47.0 Å². The van der Waals surface area contributed by atoms with Gasteiger partial charge in [-0.25, -0.2) is 9.80 Å². The fourth-order valence-electron chi connectivity index (χ4n) is 4.32. The minimum atomic E-state index is -1.01. The van der Waals surface area contributed by atoms with Crippen LogP contribution in [0.1, 0.15) is 69.3 Å². The Morgan fingerprint density at radius 3 is 2.05 bits per heavy atom. The summed E-state index contributed by atoms with van der Waals surface area (Å²) in [5, 5.41) is 2.37. The third kappa shape index (κ3) is 6.79. The van der Waals surface area contributed by atoms with Gasteiger partial charge >= 0.3 is 6.09 Å². The number of benzene rings is 3. The largest absolute Gasteiger partial charge is 0.496 e. The number of amides is 3. The highest BCUT2D eigenvalue weighted by Gasteiger charge is 2.41. The second-order valence-corrected chi connectivity index (χ2v) is 11.0. The summed E-state index contributed by atoms with van der Waals surface area (Å²) in [5.41, 5.74) is 3.37. The Labute approximate surface area is 235 Å². The Bertz CT molecular complexity index is 1390. The van der Waals surface area contributed by atoms with Gasteiger partial charge in [-0.15, -0.1) is 5.01 Å². The average Bonchev–Trinajstić information content (AvgIpc) is 2.84. The SMILES string of the molecule is COc1cccc(C(=O)N(C(=O)OCc2ccc(C)cc2Cl)N(C(=O)c2cc(C)cc(C)c2)C(C)(C)C)c1C. The van der Waals surface area contributed by atoms with Gasteiger partial charge in [-0.05, 0) is 84.4 Å². The Morgan fingerprint density at radius 1 is 0.846 bits per heavy atom. The monoisotopic (exact) mass is 550 g/mol. The van der Waals surface area contributed by atoms with E-state index in [1.807, 2.05) is 32.9 Å². The van der Waals surface area contributed by atoms with E-state index in [9.17, 15) is 14.4 Å². The van der Waals surface area contributed by atoms with Crippen LogP contribution >= 0.6 is 11.6 Å². The first-order valence-electron chi connectivity index (χ1n) is 12.6. The molecule has 0 bridgehead atoms. The average molecular weight is 551 g/mol. The zero-order chi connectivity index (χ0) is 29.1. The first kappa shape index (κ1) is 29.7. The Hall–Kier alpha value is -3.84. The van der Waals surface area contributed by atoms with Crippen LogP contribution in [0.25, 0.3) is 0 Å². The lowest BCUT2D eigenvalue weighted by molar-refractivity contribution is -0.0411. The van der Waals surface area contributed by atoms with Crippen molar-refractivity contribution < 1.29 is 23.9 Å². The van der Waals surface area contributed by atoms with E-state index in [0.29, 0.717) is 27.5 Å². The van der Waals surface area contributed by atoms with Gasteiger partial charge in [-0.3, -0.25) is 9.59 Å². The third-order valence-corrected chi connectivity index (χ3v) is 6.51. The number of aryl methyl sites for hydroxylation is 3. The van der Waals surface area contributed by atoms with Crippen molar-refractivity contribution in [3.05, 3.63) is 98.6 Å². The Balaban J connectivity index is 2.13. The molecule has 206 valence electrons. The molecule has 0 aromatic heterocycles. The lowest BCUT2D eigenvalue weighted by Gasteiger charge is -2.41. The molecule has 39 heavy (non-hydrogen) atoms. The van der Waals surface area contributed by atoms with Gasteiger partial charge in [0.1, 0.15) is 12.4 Å². The van der Waals surface area contributed by atoms with Crippen LogP contribution in [0.15, 0.2) is 54.6 Å². The summed E-state index contributed by atoms with van der Waals surface area (Å²) in [7, 11) is 1.50. The van der Waals surface area contributed by atoms with Crippen LogP contribution in [-0.2, 0) is 11.3 Å². The molecule has 0 heterocycles. The van der Waals surface area contributed by atoms with Crippen molar-refractivity contribution in [1.29, 1.82) is 0 Å². The van der Waals surface area contributed by atoms with Gasteiger partial charge in [-0.2, -0.15) is 0 Å². The van der Waals surface area contributed by atoms with Crippen molar-refractivity contribution in [2.75, 3.05) is 7.11 Å². The maximum atomic E-state index is 14.1. The zero-order valence-electron chi connectivity index (χ0n) is 23.7. The summed E-state index contributed by atoms with van der Waals surface area (Å²) in [5.74, 6) is -0.767. The number of carbonyl (C=O) groups excluding carboxylic acids is 3. The lowest BCUT2D eigenvalue weighted by Crippen LogP contribution is -2.60. The van der Waals surface area contributed by atoms with Gasteiger partial charge < -0.3 is 9.47 Å². The van der Waals surface area contributed by atoms with Crippen molar-refractivity contribution in [1.82, 2.24) is 10.0 Å². The third-order valence-electron chi connectivity index (χ3n) is 6.16. The van der Waals surface area contributed by atoms with Gasteiger partial charge in [0.2, 0.25) is 0 Å². The number of hydrazine groups is 1. The van der Waals surface area contributed by atoms with E-state index in [1.54, 1.807) is 70.2 Å². The van der Waals surface area contributed by atoms with Crippen LogP contribution in [-0.4, -0.2) is 40.6 Å².